The standard InChI is InChI=1S/C17H25N3O/c1-4-18-17(13-21,16-8-6-5-7-9-16)10-11-20-15(3)12-14(2)19-20/h5-9,12,18,21H,4,10-11,13H2,1-3H3. The fourth-order valence-corrected chi connectivity index (χ4v) is 2.85. The summed E-state index contributed by atoms with van der Waals surface area (Å²) in [7, 11) is 0. The molecule has 1 heterocycles. The van der Waals surface area contributed by atoms with Gasteiger partial charge in [-0.25, -0.2) is 0 Å². The summed E-state index contributed by atoms with van der Waals surface area (Å²) in [4.78, 5) is 0. The highest BCUT2D eigenvalue weighted by atomic mass is 16.3. The summed E-state index contributed by atoms with van der Waals surface area (Å²) < 4.78 is 2.01. The highest BCUT2D eigenvalue weighted by molar-refractivity contribution is 5.24. The minimum Gasteiger partial charge on any atom is -0.394 e. The Morgan fingerprint density at radius 3 is 2.48 bits per heavy atom. The van der Waals surface area contributed by atoms with E-state index in [2.05, 4.69) is 42.5 Å². The van der Waals surface area contributed by atoms with Crippen LogP contribution < -0.4 is 5.32 Å². The monoisotopic (exact) mass is 287 g/mol. The molecule has 2 N–H and O–H groups in total. The van der Waals surface area contributed by atoms with E-state index in [0.29, 0.717) is 0 Å². The van der Waals surface area contributed by atoms with Gasteiger partial charge in [-0.1, -0.05) is 37.3 Å². The van der Waals surface area contributed by atoms with E-state index in [1.165, 1.54) is 0 Å². The molecule has 4 heteroatoms. The molecule has 0 aliphatic carbocycles. The van der Waals surface area contributed by atoms with Crippen LogP contribution in [-0.2, 0) is 12.1 Å². The van der Waals surface area contributed by atoms with Gasteiger partial charge in [0.05, 0.1) is 17.8 Å². The minimum atomic E-state index is -0.414. The van der Waals surface area contributed by atoms with Crippen molar-refractivity contribution in [2.24, 2.45) is 0 Å². The molecule has 2 rings (SSSR count). The van der Waals surface area contributed by atoms with Crippen LogP contribution in [-0.4, -0.2) is 28.0 Å². The van der Waals surface area contributed by atoms with Crippen molar-refractivity contribution in [3.05, 3.63) is 53.3 Å². The Bertz CT molecular complexity index is 565. The van der Waals surface area contributed by atoms with Gasteiger partial charge in [-0.15, -0.1) is 0 Å². The van der Waals surface area contributed by atoms with Gasteiger partial charge in [0.1, 0.15) is 0 Å². The highest BCUT2D eigenvalue weighted by Crippen LogP contribution is 2.25. The van der Waals surface area contributed by atoms with Crippen molar-refractivity contribution in [3.63, 3.8) is 0 Å². The van der Waals surface area contributed by atoms with Crippen LogP contribution in [0.3, 0.4) is 0 Å². The molecule has 4 nitrogen and oxygen atoms in total. The summed E-state index contributed by atoms with van der Waals surface area (Å²) >= 11 is 0. The number of hydrogen-bond acceptors (Lipinski definition) is 3. The number of nitrogens with one attached hydrogen (secondary N) is 1. The number of aliphatic hydroxyl groups excluding tert-OH is 1. The topological polar surface area (TPSA) is 50.1 Å². The Balaban J connectivity index is 2.22. The Morgan fingerprint density at radius 2 is 1.95 bits per heavy atom. The number of benzene rings is 1. The van der Waals surface area contributed by atoms with E-state index in [-0.39, 0.29) is 6.61 Å². The van der Waals surface area contributed by atoms with E-state index >= 15 is 0 Å². The molecule has 21 heavy (non-hydrogen) atoms. The summed E-state index contributed by atoms with van der Waals surface area (Å²) in [5.41, 5.74) is 2.90. The van der Waals surface area contributed by atoms with Crippen molar-refractivity contribution in [2.45, 2.75) is 39.3 Å². The van der Waals surface area contributed by atoms with Gasteiger partial charge in [0.15, 0.2) is 0 Å². The molecule has 0 aliphatic rings. The number of nitrogens with zero attached hydrogens (tertiary/aromatic N) is 2. The largest absolute Gasteiger partial charge is 0.394 e. The molecule has 0 spiro atoms. The van der Waals surface area contributed by atoms with Crippen LogP contribution in [0, 0.1) is 13.8 Å². The van der Waals surface area contributed by atoms with Crippen molar-refractivity contribution in [1.82, 2.24) is 15.1 Å². The van der Waals surface area contributed by atoms with Crippen molar-refractivity contribution in [3.8, 4) is 0 Å². The van der Waals surface area contributed by atoms with Gasteiger partial charge < -0.3 is 10.4 Å². The second-order valence-electron chi connectivity index (χ2n) is 5.54. The van der Waals surface area contributed by atoms with Gasteiger partial charge in [-0.05, 0) is 38.4 Å². The van der Waals surface area contributed by atoms with Crippen molar-refractivity contribution in [1.29, 1.82) is 0 Å². The first-order valence-corrected chi connectivity index (χ1v) is 7.54. The molecular formula is C17H25N3O. The normalized spacial score (nSPS) is 14.1. The van der Waals surface area contributed by atoms with Crippen molar-refractivity contribution in [2.75, 3.05) is 13.2 Å². The van der Waals surface area contributed by atoms with Gasteiger partial charge in [0, 0.05) is 12.2 Å². The molecule has 1 aromatic carbocycles. The molecule has 0 amide bonds. The highest BCUT2D eigenvalue weighted by Gasteiger charge is 2.30. The lowest BCUT2D eigenvalue weighted by molar-refractivity contribution is 0.146. The summed E-state index contributed by atoms with van der Waals surface area (Å²) in [6, 6.07) is 12.2. The zero-order valence-corrected chi connectivity index (χ0v) is 13.1. The van der Waals surface area contributed by atoms with Crippen LogP contribution in [0.2, 0.25) is 0 Å². The van der Waals surface area contributed by atoms with Crippen LogP contribution >= 0.6 is 0 Å². The van der Waals surface area contributed by atoms with Crippen molar-refractivity contribution >= 4 is 0 Å². The number of aromatic nitrogens is 2. The third-order valence-electron chi connectivity index (χ3n) is 3.97. The lowest BCUT2D eigenvalue weighted by atomic mass is 9.87. The SMILES string of the molecule is CCNC(CO)(CCn1nc(C)cc1C)c1ccccc1. The van der Waals surface area contributed by atoms with E-state index in [9.17, 15) is 5.11 Å². The average Bonchev–Trinajstić information content (AvgIpc) is 2.82. The second kappa shape index (κ2) is 6.87. The van der Waals surface area contributed by atoms with Gasteiger partial charge >= 0.3 is 0 Å². The van der Waals surface area contributed by atoms with Gasteiger partial charge in [0.2, 0.25) is 0 Å². The van der Waals surface area contributed by atoms with Crippen LogP contribution in [0.5, 0.6) is 0 Å². The minimum absolute atomic E-state index is 0.0736. The molecule has 114 valence electrons. The third kappa shape index (κ3) is 3.52. The summed E-state index contributed by atoms with van der Waals surface area (Å²) in [5, 5.41) is 18.0. The molecule has 1 unspecified atom stereocenters. The quantitative estimate of drug-likeness (QED) is 0.822. The second-order valence-corrected chi connectivity index (χ2v) is 5.54. The van der Waals surface area contributed by atoms with E-state index in [1.807, 2.05) is 29.8 Å². The first-order chi connectivity index (χ1) is 10.1. The maximum Gasteiger partial charge on any atom is 0.0686 e. The first-order valence-electron chi connectivity index (χ1n) is 7.54. The molecule has 0 radical (unpaired) electrons. The number of hydrogen-bond donors (Lipinski definition) is 2. The zero-order chi connectivity index (χ0) is 15.3. The molecule has 1 aromatic heterocycles. The molecule has 0 aliphatic heterocycles. The van der Waals surface area contributed by atoms with E-state index < -0.39 is 5.54 Å². The summed E-state index contributed by atoms with van der Waals surface area (Å²) in [5.74, 6) is 0. The summed E-state index contributed by atoms with van der Waals surface area (Å²) in [6.07, 6.45) is 0.795. The molecule has 0 saturated heterocycles. The average molecular weight is 287 g/mol. The molecule has 0 bridgehead atoms. The maximum absolute atomic E-state index is 10.0. The molecule has 2 aromatic rings. The van der Waals surface area contributed by atoms with E-state index in [1.54, 1.807) is 0 Å². The van der Waals surface area contributed by atoms with Crippen molar-refractivity contribution < 1.29 is 5.11 Å². The zero-order valence-electron chi connectivity index (χ0n) is 13.1. The predicted molar refractivity (Wildman–Crippen MR) is 85.2 cm³/mol. The number of aryl methyl sites for hydroxylation is 3. The smallest absolute Gasteiger partial charge is 0.0686 e. The van der Waals surface area contributed by atoms with Crippen LogP contribution in [0.25, 0.3) is 0 Å². The molecule has 0 saturated carbocycles. The van der Waals surface area contributed by atoms with E-state index in [4.69, 9.17) is 0 Å². The molecule has 0 fully saturated rings. The van der Waals surface area contributed by atoms with Gasteiger partial charge in [0.25, 0.3) is 0 Å². The van der Waals surface area contributed by atoms with Gasteiger partial charge in [-0.3, -0.25) is 4.68 Å². The third-order valence-corrected chi connectivity index (χ3v) is 3.97. The summed E-state index contributed by atoms with van der Waals surface area (Å²) in [6.45, 7) is 7.80. The Labute approximate surface area is 126 Å². The Hall–Kier alpha value is -1.65. The van der Waals surface area contributed by atoms with Gasteiger partial charge in [-0.2, -0.15) is 5.10 Å². The number of rotatable bonds is 7. The predicted octanol–water partition coefficient (Wildman–Crippen LogP) is 2.39. The number of aliphatic hydroxyl groups is 1. The Morgan fingerprint density at radius 1 is 1.24 bits per heavy atom. The van der Waals surface area contributed by atoms with Crippen LogP contribution in [0.1, 0.15) is 30.3 Å². The fourth-order valence-electron chi connectivity index (χ4n) is 2.85. The molecular weight excluding hydrogens is 262 g/mol. The van der Waals surface area contributed by atoms with Crippen LogP contribution in [0.15, 0.2) is 36.4 Å². The van der Waals surface area contributed by atoms with E-state index in [0.717, 1.165) is 36.5 Å². The number of likely N-dealkylation sites (N-methyl/N-ethyl adjacent to an activating group) is 1. The van der Waals surface area contributed by atoms with Crippen LogP contribution in [0.4, 0.5) is 0 Å². The Kier molecular flexibility index (Phi) is 5.15. The maximum atomic E-state index is 10.0. The molecule has 1 atom stereocenters. The lowest BCUT2D eigenvalue weighted by Crippen LogP contribution is -2.46. The first kappa shape index (κ1) is 15.7. The lowest BCUT2D eigenvalue weighted by Gasteiger charge is -2.33. The fraction of sp³-hybridized carbons (Fsp3) is 0.471.